The zero-order valence-electron chi connectivity index (χ0n) is 12.1. The summed E-state index contributed by atoms with van der Waals surface area (Å²) < 4.78 is 5.12. The highest BCUT2D eigenvalue weighted by Gasteiger charge is 2.27. The Bertz CT molecular complexity index is 677. The molecule has 0 saturated heterocycles. The van der Waals surface area contributed by atoms with E-state index in [0.717, 1.165) is 33.4 Å². The third-order valence-electron chi connectivity index (χ3n) is 3.45. The van der Waals surface area contributed by atoms with E-state index in [1.54, 1.807) is 7.11 Å². The van der Waals surface area contributed by atoms with Gasteiger partial charge in [-0.1, -0.05) is 40.5 Å². The number of methoxy groups -OCH3 is 1. The van der Waals surface area contributed by atoms with Crippen LogP contribution in [0.5, 0.6) is 0 Å². The molecule has 0 aliphatic carbocycles. The quantitative estimate of drug-likeness (QED) is 0.908. The fraction of sp³-hybridized carbons (Fsp3) is 0.188. The first-order chi connectivity index (χ1) is 10.3. The molecule has 0 bridgehead atoms. The number of ether oxygens (including phenoxy) is 1. The topological polar surface area (TPSA) is 51.3 Å². The van der Waals surface area contributed by atoms with Gasteiger partial charge < -0.3 is 4.74 Å². The first-order valence-corrected chi connectivity index (χ1v) is 6.79. The van der Waals surface area contributed by atoms with Crippen LogP contribution in [0.4, 0.5) is 0 Å². The largest absolute Gasteiger partial charge is 0.372 e. The third-order valence-corrected chi connectivity index (χ3v) is 3.45. The molecular formula is C16H17N4O+. The van der Waals surface area contributed by atoms with Crippen LogP contribution < -0.4 is 4.90 Å². The Kier molecular flexibility index (Phi) is 3.85. The molecule has 2 heterocycles. The summed E-state index contributed by atoms with van der Waals surface area (Å²) in [4.78, 5) is 5.57. The zero-order chi connectivity index (χ0) is 14.7. The van der Waals surface area contributed by atoms with Crippen molar-refractivity contribution in [3.63, 3.8) is 0 Å². The number of aromatic nitrogens is 1. The van der Waals surface area contributed by atoms with Gasteiger partial charge >= 0.3 is 0 Å². The third kappa shape index (κ3) is 2.74. The molecule has 1 aliphatic heterocycles. The van der Waals surface area contributed by atoms with Gasteiger partial charge in [0.1, 0.15) is 6.61 Å². The van der Waals surface area contributed by atoms with E-state index in [2.05, 4.69) is 15.2 Å². The van der Waals surface area contributed by atoms with Crippen LogP contribution in [-0.4, -0.2) is 37.4 Å². The molecule has 3 rings (SSSR count). The Labute approximate surface area is 123 Å². The van der Waals surface area contributed by atoms with Crippen molar-refractivity contribution in [1.82, 2.24) is 4.98 Å². The second kappa shape index (κ2) is 5.95. The van der Waals surface area contributed by atoms with Gasteiger partial charge in [-0.3, -0.25) is 4.98 Å². The van der Waals surface area contributed by atoms with Crippen LogP contribution in [0.1, 0.15) is 5.56 Å². The van der Waals surface area contributed by atoms with E-state index in [-0.39, 0.29) is 0 Å². The number of hydrogen-bond donors (Lipinski definition) is 1. The molecule has 0 fully saturated rings. The maximum atomic E-state index is 5.12. The average molecular weight is 281 g/mol. The highest BCUT2D eigenvalue weighted by Crippen LogP contribution is 2.16. The van der Waals surface area contributed by atoms with E-state index < -0.39 is 0 Å². The summed E-state index contributed by atoms with van der Waals surface area (Å²) in [6.45, 7) is 0.481. The number of nitrogens with zero attached hydrogens (tertiary/aromatic N) is 3. The molecule has 1 N–H and O–H groups in total. The Hall–Kier alpha value is -2.37. The van der Waals surface area contributed by atoms with Gasteiger partial charge in [-0.25, -0.2) is 4.90 Å². The molecule has 1 unspecified atom stereocenters. The summed E-state index contributed by atoms with van der Waals surface area (Å²) in [5, 5.41) is 8.40. The zero-order valence-corrected chi connectivity index (χ0v) is 12.1. The Balaban J connectivity index is 1.80. The Morgan fingerprint density at radius 2 is 1.81 bits per heavy atom. The molecule has 0 spiro atoms. The van der Waals surface area contributed by atoms with E-state index >= 15 is 0 Å². The van der Waals surface area contributed by atoms with Crippen LogP contribution in [0.2, 0.25) is 0 Å². The lowest BCUT2D eigenvalue weighted by Crippen LogP contribution is -3.13. The van der Waals surface area contributed by atoms with Crippen molar-refractivity contribution < 1.29 is 9.64 Å². The van der Waals surface area contributed by atoms with Crippen molar-refractivity contribution in [3.05, 3.63) is 54.2 Å². The first kappa shape index (κ1) is 13.6. The van der Waals surface area contributed by atoms with E-state index in [4.69, 9.17) is 4.74 Å². The number of rotatable bonds is 4. The predicted molar refractivity (Wildman–Crippen MR) is 82.4 cm³/mol. The van der Waals surface area contributed by atoms with Crippen molar-refractivity contribution in [2.24, 2.45) is 10.2 Å². The monoisotopic (exact) mass is 281 g/mol. The highest BCUT2D eigenvalue weighted by molar-refractivity contribution is 6.00. The van der Waals surface area contributed by atoms with Crippen LogP contribution in [0.25, 0.3) is 11.3 Å². The maximum absolute atomic E-state index is 5.12. The smallest absolute Gasteiger partial charge is 0.260 e. The molecular weight excluding hydrogens is 264 g/mol. The summed E-state index contributed by atoms with van der Waals surface area (Å²) in [7, 11) is 3.67. The maximum Gasteiger partial charge on any atom is 0.260 e. The van der Waals surface area contributed by atoms with E-state index in [1.165, 1.54) is 0 Å². The van der Waals surface area contributed by atoms with Crippen molar-refractivity contribution in [1.29, 1.82) is 0 Å². The number of hydrogen-bond acceptors (Lipinski definition) is 4. The number of benzene rings is 1. The summed E-state index contributed by atoms with van der Waals surface area (Å²) in [5.74, 6) is 1.74. The van der Waals surface area contributed by atoms with E-state index in [0.29, 0.717) is 6.61 Å². The fourth-order valence-electron chi connectivity index (χ4n) is 2.26. The van der Waals surface area contributed by atoms with Gasteiger partial charge in [0.2, 0.25) is 0 Å². The number of likely N-dealkylation sites (N-methyl/N-ethyl adjacent to an activating group) is 1. The minimum Gasteiger partial charge on any atom is -0.372 e. The second-order valence-electron chi connectivity index (χ2n) is 4.85. The number of nitrogens with one attached hydrogen (secondary N) is 1. The van der Waals surface area contributed by atoms with Crippen LogP contribution in [0, 0.1) is 0 Å². The summed E-state index contributed by atoms with van der Waals surface area (Å²) >= 11 is 0. The minimum atomic E-state index is 0.481. The summed E-state index contributed by atoms with van der Waals surface area (Å²) in [6, 6.07) is 14.2. The van der Waals surface area contributed by atoms with Gasteiger partial charge in [0.15, 0.2) is 0 Å². The second-order valence-corrected chi connectivity index (χ2v) is 4.85. The Morgan fingerprint density at radius 3 is 2.48 bits per heavy atom. The van der Waals surface area contributed by atoms with Crippen LogP contribution in [0.15, 0.2) is 58.9 Å². The van der Waals surface area contributed by atoms with Gasteiger partial charge in [-0.2, -0.15) is 0 Å². The van der Waals surface area contributed by atoms with Gasteiger partial charge in [-0.05, 0) is 12.1 Å². The van der Waals surface area contributed by atoms with Gasteiger partial charge in [0.05, 0.1) is 18.3 Å². The fourth-order valence-corrected chi connectivity index (χ4v) is 2.26. The molecule has 1 aromatic heterocycles. The standard InChI is InChI=1S/C16H16N4O/c1-20-15(11-21-2)18-19-16(20)13-8-9-14(17-10-13)12-6-4-3-5-7-12/h3-10H,11H2,1-2H3/p+1. The lowest BCUT2D eigenvalue weighted by Gasteiger charge is -2.10. The summed E-state index contributed by atoms with van der Waals surface area (Å²) in [5.41, 5.74) is 3.03. The molecule has 0 radical (unpaired) electrons. The van der Waals surface area contributed by atoms with Gasteiger partial charge in [0.25, 0.3) is 11.7 Å². The van der Waals surface area contributed by atoms with Crippen molar-refractivity contribution in [3.8, 4) is 11.3 Å². The van der Waals surface area contributed by atoms with Gasteiger partial charge in [0, 0.05) is 18.9 Å². The highest BCUT2D eigenvalue weighted by atomic mass is 16.5. The van der Waals surface area contributed by atoms with Crippen LogP contribution in [-0.2, 0) is 4.74 Å². The lowest BCUT2D eigenvalue weighted by molar-refractivity contribution is -0.673. The molecule has 5 nitrogen and oxygen atoms in total. The molecule has 1 aromatic carbocycles. The minimum absolute atomic E-state index is 0.481. The van der Waals surface area contributed by atoms with Crippen molar-refractivity contribution in [2.45, 2.75) is 0 Å². The van der Waals surface area contributed by atoms with Crippen molar-refractivity contribution >= 4 is 11.7 Å². The SMILES string of the molecule is COCC1=NN=C(c2ccc(-c3ccccc3)nc2)[NH+]1C. The number of pyridine rings is 1. The molecule has 5 heteroatoms. The molecule has 0 amide bonds. The van der Waals surface area contributed by atoms with E-state index in [9.17, 15) is 0 Å². The molecule has 106 valence electrons. The van der Waals surface area contributed by atoms with Gasteiger partial charge in [-0.15, -0.1) is 0 Å². The lowest BCUT2D eigenvalue weighted by atomic mass is 10.1. The predicted octanol–water partition coefficient (Wildman–Crippen LogP) is 0.983. The number of amidine groups is 2. The van der Waals surface area contributed by atoms with Crippen LogP contribution in [0.3, 0.4) is 0 Å². The molecule has 1 atom stereocenters. The number of quaternary nitrogens is 1. The van der Waals surface area contributed by atoms with Crippen molar-refractivity contribution in [2.75, 3.05) is 20.8 Å². The van der Waals surface area contributed by atoms with E-state index in [1.807, 2.05) is 55.7 Å². The molecule has 1 aliphatic rings. The van der Waals surface area contributed by atoms with Crippen LogP contribution >= 0.6 is 0 Å². The Morgan fingerprint density at radius 1 is 1.00 bits per heavy atom. The normalized spacial score (nSPS) is 17.5. The average Bonchev–Trinajstić information content (AvgIpc) is 2.90. The first-order valence-electron chi connectivity index (χ1n) is 6.79. The summed E-state index contributed by atoms with van der Waals surface area (Å²) in [6.07, 6.45) is 1.84. The molecule has 0 saturated carbocycles. The molecule has 2 aromatic rings. The molecule has 21 heavy (non-hydrogen) atoms.